The molecule has 4 heterocycles. The number of piperidine rings is 1. The van der Waals surface area contributed by atoms with E-state index in [-0.39, 0.29) is 17.5 Å². The van der Waals surface area contributed by atoms with Crippen LogP contribution in [-0.2, 0) is 11.3 Å². The Kier molecular flexibility index (Phi) is 5.54. The summed E-state index contributed by atoms with van der Waals surface area (Å²) in [5.41, 5.74) is 1.75. The molecule has 0 unspecified atom stereocenters. The van der Waals surface area contributed by atoms with Crippen LogP contribution in [0.2, 0.25) is 0 Å². The summed E-state index contributed by atoms with van der Waals surface area (Å²) in [6, 6.07) is 12.1. The summed E-state index contributed by atoms with van der Waals surface area (Å²) < 4.78 is 4.24. The molecule has 1 aliphatic heterocycles. The zero-order valence-corrected chi connectivity index (χ0v) is 18.9. The van der Waals surface area contributed by atoms with Gasteiger partial charge in [-0.3, -0.25) is 18.6 Å². The number of hydrogen-bond donors (Lipinski definition) is 0. The molecular formula is C22H23N5O2S2. The van der Waals surface area contributed by atoms with Crippen molar-refractivity contribution in [2.45, 2.75) is 43.9 Å². The first-order chi connectivity index (χ1) is 15.1. The smallest absolute Gasteiger partial charge is 0.273 e. The molecule has 1 saturated heterocycles. The van der Waals surface area contributed by atoms with E-state index in [9.17, 15) is 9.59 Å². The highest BCUT2D eigenvalue weighted by molar-refractivity contribution is 7.99. The van der Waals surface area contributed by atoms with Crippen molar-refractivity contribution in [2.75, 3.05) is 12.3 Å². The zero-order chi connectivity index (χ0) is 21.4. The molecule has 1 aliphatic rings. The van der Waals surface area contributed by atoms with E-state index in [4.69, 9.17) is 0 Å². The van der Waals surface area contributed by atoms with Gasteiger partial charge >= 0.3 is 0 Å². The number of thiophene rings is 1. The number of nitrogens with zero attached hydrogens (tertiary/aromatic N) is 5. The van der Waals surface area contributed by atoms with Crippen molar-refractivity contribution in [2.24, 2.45) is 0 Å². The van der Waals surface area contributed by atoms with Crippen molar-refractivity contribution in [3.8, 4) is 0 Å². The predicted molar refractivity (Wildman–Crippen MR) is 124 cm³/mol. The molecule has 0 aliphatic carbocycles. The van der Waals surface area contributed by atoms with E-state index in [2.05, 4.69) is 17.1 Å². The molecule has 1 aromatic carbocycles. The van der Waals surface area contributed by atoms with Crippen molar-refractivity contribution in [3.05, 3.63) is 57.7 Å². The van der Waals surface area contributed by atoms with E-state index < -0.39 is 0 Å². The number of amides is 1. The summed E-state index contributed by atoms with van der Waals surface area (Å²) in [7, 11) is 0. The van der Waals surface area contributed by atoms with Gasteiger partial charge < -0.3 is 4.90 Å². The van der Waals surface area contributed by atoms with E-state index in [0.717, 1.165) is 30.5 Å². The van der Waals surface area contributed by atoms with Crippen LogP contribution in [0.4, 0.5) is 0 Å². The SMILES string of the molecule is C[C@@H]1CCCCN1C(=O)CSc1nnc2n(Cc3ccccc3)c(=O)c3sccc3n12. The first-order valence-electron chi connectivity index (χ1n) is 10.4. The van der Waals surface area contributed by atoms with Gasteiger partial charge in [-0.1, -0.05) is 42.1 Å². The maximum Gasteiger partial charge on any atom is 0.273 e. The molecule has 0 spiro atoms. The summed E-state index contributed by atoms with van der Waals surface area (Å²) in [5, 5.41) is 11.2. The first kappa shape index (κ1) is 20.3. The molecule has 4 aromatic rings. The Bertz CT molecular complexity index is 1290. The Labute approximate surface area is 187 Å². The van der Waals surface area contributed by atoms with Crippen LogP contribution in [0, 0.1) is 0 Å². The average Bonchev–Trinajstić information content (AvgIpc) is 3.43. The third-order valence-electron chi connectivity index (χ3n) is 5.81. The Morgan fingerprint density at radius 2 is 2.03 bits per heavy atom. The van der Waals surface area contributed by atoms with Crippen molar-refractivity contribution >= 4 is 45.0 Å². The second kappa shape index (κ2) is 8.47. The standard InChI is InChI=1S/C22H23N5O2S2/c1-15-7-5-6-11-25(15)18(28)14-31-22-24-23-21-26(13-16-8-3-2-4-9-16)20(29)19-17(27(21)22)10-12-30-19/h2-4,8-10,12,15H,5-7,11,13-14H2,1H3/t15-/m1/s1. The van der Waals surface area contributed by atoms with Crippen LogP contribution in [0.1, 0.15) is 31.7 Å². The predicted octanol–water partition coefficient (Wildman–Crippen LogP) is 3.65. The number of benzene rings is 1. The third-order valence-corrected chi connectivity index (χ3v) is 7.62. The Morgan fingerprint density at radius 3 is 2.84 bits per heavy atom. The van der Waals surface area contributed by atoms with Gasteiger partial charge in [0.1, 0.15) is 4.70 Å². The normalized spacial score (nSPS) is 16.9. The van der Waals surface area contributed by atoms with Crippen LogP contribution in [0.5, 0.6) is 0 Å². The summed E-state index contributed by atoms with van der Waals surface area (Å²) in [6.07, 6.45) is 3.31. The van der Waals surface area contributed by atoms with Gasteiger partial charge in [-0.15, -0.1) is 21.5 Å². The molecule has 1 atom stereocenters. The summed E-state index contributed by atoms with van der Waals surface area (Å²) >= 11 is 2.81. The molecule has 0 N–H and O–H groups in total. The van der Waals surface area contributed by atoms with Crippen LogP contribution in [0.3, 0.4) is 0 Å². The maximum absolute atomic E-state index is 13.2. The lowest BCUT2D eigenvalue weighted by Gasteiger charge is -2.33. The highest BCUT2D eigenvalue weighted by Gasteiger charge is 2.24. The number of fused-ring (bicyclic) bond motifs is 3. The van der Waals surface area contributed by atoms with Crippen LogP contribution in [0.15, 0.2) is 51.7 Å². The lowest BCUT2D eigenvalue weighted by atomic mass is 10.0. The monoisotopic (exact) mass is 453 g/mol. The third kappa shape index (κ3) is 3.76. The molecular weight excluding hydrogens is 430 g/mol. The van der Waals surface area contributed by atoms with Gasteiger partial charge in [0.2, 0.25) is 11.7 Å². The topological polar surface area (TPSA) is 72.5 Å². The van der Waals surface area contributed by atoms with Gasteiger partial charge in [0.05, 0.1) is 17.8 Å². The lowest BCUT2D eigenvalue weighted by molar-refractivity contribution is -0.131. The van der Waals surface area contributed by atoms with Gasteiger partial charge in [0.15, 0.2) is 5.16 Å². The number of hydrogen-bond acceptors (Lipinski definition) is 6. The molecule has 160 valence electrons. The Morgan fingerprint density at radius 1 is 1.19 bits per heavy atom. The summed E-state index contributed by atoms with van der Waals surface area (Å²) in [4.78, 5) is 27.9. The highest BCUT2D eigenvalue weighted by Crippen LogP contribution is 2.26. The molecule has 5 rings (SSSR count). The van der Waals surface area contributed by atoms with Gasteiger partial charge in [0.25, 0.3) is 5.56 Å². The molecule has 3 aromatic heterocycles. The molecule has 7 nitrogen and oxygen atoms in total. The molecule has 0 bridgehead atoms. The second-order valence-corrected chi connectivity index (χ2v) is 9.71. The van der Waals surface area contributed by atoms with Crippen molar-refractivity contribution in [1.82, 2.24) is 24.1 Å². The molecule has 1 amide bonds. The maximum atomic E-state index is 13.2. The Hall–Kier alpha value is -2.65. The van der Waals surface area contributed by atoms with E-state index in [1.165, 1.54) is 29.5 Å². The van der Waals surface area contributed by atoms with Gasteiger partial charge in [-0.05, 0) is 43.2 Å². The molecule has 1 fully saturated rings. The largest absolute Gasteiger partial charge is 0.339 e. The number of aromatic nitrogens is 4. The number of carbonyl (C=O) groups excluding carboxylic acids is 1. The summed E-state index contributed by atoms with van der Waals surface area (Å²) in [5.74, 6) is 0.948. The molecule has 0 radical (unpaired) electrons. The second-order valence-electron chi connectivity index (χ2n) is 7.85. The fraction of sp³-hybridized carbons (Fsp3) is 0.364. The van der Waals surface area contributed by atoms with Crippen LogP contribution in [-0.4, -0.2) is 48.3 Å². The van der Waals surface area contributed by atoms with Crippen molar-refractivity contribution in [3.63, 3.8) is 0 Å². The lowest BCUT2D eigenvalue weighted by Crippen LogP contribution is -2.42. The summed E-state index contributed by atoms with van der Waals surface area (Å²) in [6.45, 7) is 3.36. The average molecular weight is 454 g/mol. The van der Waals surface area contributed by atoms with Gasteiger partial charge in [-0.2, -0.15) is 0 Å². The minimum Gasteiger partial charge on any atom is -0.339 e. The minimum absolute atomic E-state index is 0.0662. The first-order valence-corrected chi connectivity index (χ1v) is 12.3. The quantitative estimate of drug-likeness (QED) is 0.432. The Balaban J connectivity index is 1.50. The van der Waals surface area contributed by atoms with Gasteiger partial charge in [0, 0.05) is 12.6 Å². The van der Waals surface area contributed by atoms with E-state index >= 15 is 0 Å². The fourth-order valence-corrected chi connectivity index (χ4v) is 5.83. The minimum atomic E-state index is -0.0662. The van der Waals surface area contributed by atoms with E-state index in [1.807, 2.05) is 51.1 Å². The van der Waals surface area contributed by atoms with Crippen molar-refractivity contribution < 1.29 is 4.79 Å². The fourth-order valence-electron chi connectivity index (χ4n) is 4.18. The molecule has 0 saturated carbocycles. The number of carbonyl (C=O) groups is 1. The number of rotatable bonds is 5. The molecule has 31 heavy (non-hydrogen) atoms. The zero-order valence-electron chi connectivity index (χ0n) is 17.2. The number of likely N-dealkylation sites (tertiary alicyclic amines) is 1. The van der Waals surface area contributed by atoms with Crippen LogP contribution >= 0.6 is 23.1 Å². The molecule has 9 heteroatoms. The van der Waals surface area contributed by atoms with E-state index in [0.29, 0.717) is 27.9 Å². The number of thioether (sulfide) groups is 1. The van der Waals surface area contributed by atoms with Crippen molar-refractivity contribution in [1.29, 1.82) is 0 Å². The van der Waals surface area contributed by atoms with Crippen LogP contribution < -0.4 is 5.56 Å². The highest BCUT2D eigenvalue weighted by atomic mass is 32.2. The van der Waals surface area contributed by atoms with E-state index in [1.54, 1.807) is 4.57 Å². The van der Waals surface area contributed by atoms with Gasteiger partial charge in [-0.25, -0.2) is 0 Å². The van der Waals surface area contributed by atoms with Crippen LogP contribution in [0.25, 0.3) is 16.0 Å².